The fourth-order valence-corrected chi connectivity index (χ4v) is 4.28. The molecule has 1 nitrogen and oxygen atoms in total. The van der Waals surface area contributed by atoms with Gasteiger partial charge in [0.2, 0.25) is 5.69 Å². The van der Waals surface area contributed by atoms with E-state index in [1.165, 1.54) is 50.2 Å². The molecular weight excluding hydrogens is 302 g/mol. The van der Waals surface area contributed by atoms with Crippen molar-refractivity contribution in [3.63, 3.8) is 0 Å². The quantitative estimate of drug-likeness (QED) is 0.526. The Kier molecular flexibility index (Phi) is 3.40. The van der Waals surface area contributed by atoms with Gasteiger partial charge in [0.05, 0.1) is 0 Å². The first-order valence-corrected chi connectivity index (χ1v) is 9.03. The molecule has 0 unspecified atom stereocenters. The van der Waals surface area contributed by atoms with Crippen molar-refractivity contribution >= 4 is 0 Å². The Morgan fingerprint density at radius 1 is 0.720 bits per heavy atom. The summed E-state index contributed by atoms with van der Waals surface area (Å²) in [5, 5.41) is 0. The molecule has 2 aromatic carbocycles. The highest BCUT2D eigenvalue weighted by Gasteiger charge is 2.36. The number of nitrogens with zero attached hydrogens (tertiary/aromatic N) is 1. The largest absolute Gasteiger partial charge is 0.212 e. The van der Waals surface area contributed by atoms with E-state index in [4.69, 9.17) is 0 Å². The van der Waals surface area contributed by atoms with Gasteiger partial charge in [0.15, 0.2) is 6.20 Å². The molecule has 0 spiro atoms. The van der Waals surface area contributed by atoms with Gasteiger partial charge in [-0.2, -0.15) is 0 Å². The number of aromatic nitrogens is 1. The maximum Gasteiger partial charge on any atom is 0.212 e. The fraction of sp³-hybridized carbons (Fsp3) is 0.292. The van der Waals surface area contributed by atoms with Crippen LogP contribution in [0.1, 0.15) is 41.7 Å². The maximum absolute atomic E-state index is 2.41. The molecule has 0 amide bonds. The third kappa shape index (κ3) is 2.26. The van der Waals surface area contributed by atoms with Crippen molar-refractivity contribution < 1.29 is 4.57 Å². The third-order valence-corrected chi connectivity index (χ3v) is 5.95. The van der Waals surface area contributed by atoms with Crippen molar-refractivity contribution in [3.05, 3.63) is 76.5 Å². The highest BCUT2D eigenvalue weighted by Crippen LogP contribution is 2.50. The minimum Gasteiger partial charge on any atom is -0.201 e. The van der Waals surface area contributed by atoms with Crippen molar-refractivity contribution in [1.82, 2.24) is 0 Å². The Morgan fingerprint density at radius 2 is 1.44 bits per heavy atom. The first-order valence-electron chi connectivity index (χ1n) is 9.03. The molecule has 1 aliphatic rings. The van der Waals surface area contributed by atoms with Crippen molar-refractivity contribution in [2.45, 2.75) is 40.0 Å². The SMILES string of the molecule is Cc1cc(-c2cc3c(cc2C)C(C)(C)c2ccccc2-3)[n+](C)cc1C. The smallest absolute Gasteiger partial charge is 0.201 e. The lowest BCUT2D eigenvalue weighted by atomic mass is 9.81. The van der Waals surface area contributed by atoms with Gasteiger partial charge >= 0.3 is 0 Å². The summed E-state index contributed by atoms with van der Waals surface area (Å²) in [7, 11) is 2.15. The summed E-state index contributed by atoms with van der Waals surface area (Å²) in [6.45, 7) is 11.3. The predicted molar refractivity (Wildman–Crippen MR) is 105 cm³/mol. The normalized spacial score (nSPS) is 14.3. The molecule has 1 heteroatoms. The second-order valence-corrected chi connectivity index (χ2v) is 8.02. The van der Waals surface area contributed by atoms with Crippen molar-refractivity contribution in [3.8, 4) is 22.4 Å². The number of hydrogen-bond donors (Lipinski definition) is 0. The van der Waals surface area contributed by atoms with E-state index in [1.54, 1.807) is 0 Å². The topological polar surface area (TPSA) is 3.88 Å². The Morgan fingerprint density at radius 3 is 2.20 bits per heavy atom. The molecule has 0 N–H and O–H groups in total. The Hall–Kier alpha value is -2.41. The molecule has 126 valence electrons. The number of rotatable bonds is 1. The second-order valence-electron chi connectivity index (χ2n) is 8.02. The minimum absolute atomic E-state index is 0.0700. The zero-order valence-electron chi connectivity index (χ0n) is 16.1. The van der Waals surface area contributed by atoms with E-state index in [0.29, 0.717) is 0 Å². The maximum atomic E-state index is 2.41. The molecule has 25 heavy (non-hydrogen) atoms. The Balaban J connectivity index is 2.01. The van der Waals surface area contributed by atoms with E-state index in [2.05, 4.69) is 94.9 Å². The standard InChI is InChI=1S/C24H26N/c1-15-12-23(25(6)14-17(15)3)19-13-20-18-9-7-8-10-21(18)24(4,5)22(20)11-16(19)2/h7-14H,1-6H3/q+1. The monoisotopic (exact) mass is 328 g/mol. The average molecular weight is 328 g/mol. The lowest BCUT2D eigenvalue weighted by molar-refractivity contribution is -0.660. The number of fused-ring (bicyclic) bond motifs is 3. The van der Waals surface area contributed by atoms with Gasteiger partial charge in [-0.3, -0.25) is 0 Å². The van der Waals surface area contributed by atoms with Crippen LogP contribution in [0, 0.1) is 20.8 Å². The second kappa shape index (κ2) is 5.29. The summed E-state index contributed by atoms with van der Waals surface area (Å²) < 4.78 is 2.25. The van der Waals surface area contributed by atoms with Gasteiger partial charge in [-0.15, -0.1) is 0 Å². The lowest BCUT2D eigenvalue weighted by Crippen LogP contribution is -2.31. The molecule has 1 aliphatic carbocycles. The third-order valence-electron chi connectivity index (χ3n) is 5.95. The molecule has 1 heterocycles. The number of aryl methyl sites for hydroxylation is 4. The van der Waals surface area contributed by atoms with Crippen molar-refractivity contribution in [2.75, 3.05) is 0 Å². The van der Waals surface area contributed by atoms with Crippen LogP contribution in [-0.2, 0) is 12.5 Å². The first kappa shape index (κ1) is 16.1. The van der Waals surface area contributed by atoms with Crippen LogP contribution in [0.5, 0.6) is 0 Å². The molecular formula is C24H26N+. The molecule has 1 aromatic heterocycles. The molecule has 0 radical (unpaired) electrons. The van der Waals surface area contributed by atoms with Crippen LogP contribution in [0.4, 0.5) is 0 Å². The van der Waals surface area contributed by atoms with Gasteiger partial charge in [0, 0.05) is 22.6 Å². The van der Waals surface area contributed by atoms with Crippen LogP contribution < -0.4 is 4.57 Å². The summed E-state index contributed by atoms with van der Waals surface area (Å²) in [5.74, 6) is 0. The van der Waals surface area contributed by atoms with Crippen LogP contribution >= 0.6 is 0 Å². The van der Waals surface area contributed by atoms with Gasteiger partial charge in [0.25, 0.3) is 0 Å². The van der Waals surface area contributed by atoms with E-state index in [9.17, 15) is 0 Å². The molecule has 0 saturated carbocycles. The van der Waals surface area contributed by atoms with Crippen LogP contribution in [0.2, 0.25) is 0 Å². The molecule has 4 rings (SSSR count). The zero-order chi connectivity index (χ0) is 17.9. The van der Waals surface area contributed by atoms with Crippen molar-refractivity contribution in [2.24, 2.45) is 7.05 Å². The predicted octanol–water partition coefficient (Wildman–Crippen LogP) is 5.41. The Bertz CT molecular complexity index is 1010. The molecule has 0 fully saturated rings. The molecule has 0 atom stereocenters. The minimum atomic E-state index is 0.0700. The van der Waals surface area contributed by atoms with Gasteiger partial charge in [0.1, 0.15) is 7.05 Å². The van der Waals surface area contributed by atoms with Crippen LogP contribution in [0.3, 0.4) is 0 Å². The zero-order valence-corrected chi connectivity index (χ0v) is 16.1. The van der Waals surface area contributed by atoms with E-state index < -0.39 is 0 Å². The van der Waals surface area contributed by atoms with Crippen molar-refractivity contribution in [1.29, 1.82) is 0 Å². The van der Waals surface area contributed by atoms with Gasteiger partial charge < -0.3 is 0 Å². The Labute approximate surface area is 151 Å². The first-order chi connectivity index (χ1) is 11.8. The van der Waals surface area contributed by atoms with Crippen LogP contribution in [0.15, 0.2) is 48.7 Å². The lowest BCUT2D eigenvalue weighted by Gasteiger charge is -2.22. The van der Waals surface area contributed by atoms with Gasteiger partial charge in [-0.25, -0.2) is 4.57 Å². The molecule has 3 aromatic rings. The van der Waals surface area contributed by atoms with Crippen LogP contribution in [-0.4, -0.2) is 0 Å². The van der Waals surface area contributed by atoms with E-state index in [1.807, 2.05) is 0 Å². The molecule has 0 bridgehead atoms. The van der Waals surface area contributed by atoms with E-state index in [0.717, 1.165) is 0 Å². The number of hydrogen-bond acceptors (Lipinski definition) is 0. The summed E-state index contributed by atoms with van der Waals surface area (Å²) in [6.07, 6.45) is 2.23. The van der Waals surface area contributed by atoms with E-state index >= 15 is 0 Å². The van der Waals surface area contributed by atoms with Gasteiger partial charge in [-0.1, -0.05) is 44.2 Å². The van der Waals surface area contributed by atoms with Crippen LogP contribution in [0.25, 0.3) is 22.4 Å². The molecule has 0 saturated heterocycles. The number of pyridine rings is 1. The average Bonchev–Trinajstić information content (AvgIpc) is 2.79. The summed E-state index contributed by atoms with van der Waals surface area (Å²) in [4.78, 5) is 0. The summed E-state index contributed by atoms with van der Waals surface area (Å²) in [5.41, 5.74) is 12.4. The highest BCUT2D eigenvalue weighted by atomic mass is 14.9. The highest BCUT2D eigenvalue weighted by molar-refractivity contribution is 5.84. The van der Waals surface area contributed by atoms with E-state index in [-0.39, 0.29) is 5.41 Å². The number of benzene rings is 2. The molecule has 0 aliphatic heterocycles. The summed E-state index contributed by atoms with van der Waals surface area (Å²) >= 11 is 0. The summed E-state index contributed by atoms with van der Waals surface area (Å²) in [6, 6.07) is 16.0. The fourth-order valence-electron chi connectivity index (χ4n) is 4.28. The van der Waals surface area contributed by atoms with Gasteiger partial charge in [-0.05, 0) is 60.2 Å².